The Labute approximate surface area is 156 Å². The zero-order valence-corrected chi connectivity index (χ0v) is 15.3. The molecule has 1 aromatic carbocycles. The summed E-state index contributed by atoms with van der Waals surface area (Å²) in [7, 11) is 0. The predicted octanol–water partition coefficient (Wildman–Crippen LogP) is 2.35. The Morgan fingerprint density at radius 1 is 1.31 bits per heavy atom. The summed E-state index contributed by atoms with van der Waals surface area (Å²) in [6, 6.07) is 8.66. The van der Waals surface area contributed by atoms with E-state index in [-0.39, 0.29) is 28.9 Å². The molecule has 3 rings (SSSR count). The predicted molar refractivity (Wildman–Crippen MR) is 98.0 cm³/mol. The number of ketones is 1. The number of hydrogen-bond acceptors (Lipinski definition) is 5. The lowest BCUT2D eigenvalue weighted by Crippen LogP contribution is -2.40. The van der Waals surface area contributed by atoms with Crippen LogP contribution in [-0.2, 0) is 14.3 Å². The van der Waals surface area contributed by atoms with Crippen molar-refractivity contribution >= 4 is 29.4 Å². The molecule has 1 fully saturated rings. The van der Waals surface area contributed by atoms with E-state index in [4.69, 9.17) is 4.74 Å². The Morgan fingerprint density at radius 3 is 2.62 bits per heavy atom. The normalized spacial score (nSPS) is 23.0. The highest BCUT2D eigenvalue weighted by Gasteiger charge is 2.43. The number of rotatable bonds is 7. The van der Waals surface area contributed by atoms with E-state index in [0.29, 0.717) is 18.7 Å². The average molecular weight is 375 g/mol. The van der Waals surface area contributed by atoms with Crippen molar-refractivity contribution in [3.8, 4) is 0 Å². The molecule has 0 radical (unpaired) electrons. The molecule has 6 nitrogen and oxygen atoms in total. The van der Waals surface area contributed by atoms with Crippen LogP contribution < -0.4 is 0 Å². The van der Waals surface area contributed by atoms with Gasteiger partial charge in [-0.25, -0.2) is 0 Å². The zero-order valence-electron chi connectivity index (χ0n) is 14.5. The van der Waals surface area contributed by atoms with Crippen molar-refractivity contribution in [3.05, 3.63) is 47.0 Å². The fraction of sp³-hybridized carbons (Fsp3) is 0.421. The van der Waals surface area contributed by atoms with Gasteiger partial charge < -0.3 is 14.7 Å². The summed E-state index contributed by atoms with van der Waals surface area (Å²) in [5.41, 5.74) is 0.828. The van der Waals surface area contributed by atoms with Crippen LogP contribution in [0, 0.1) is 0 Å². The Bertz CT molecular complexity index is 740. The second-order valence-corrected chi connectivity index (χ2v) is 7.26. The third kappa shape index (κ3) is 3.68. The number of thioether (sulfide) groups is 1. The molecule has 26 heavy (non-hydrogen) atoms. The van der Waals surface area contributed by atoms with Crippen LogP contribution in [0.2, 0.25) is 0 Å². The summed E-state index contributed by atoms with van der Waals surface area (Å²) in [6.07, 6.45) is 3.11. The third-order valence-electron chi connectivity index (χ3n) is 4.63. The number of aliphatic carboxylic acids is 1. The fourth-order valence-corrected chi connectivity index (χ4v) is 4.37. The van der Waals surface area contributed by atoms with Crippen molar-refractivity contribution in [1.82, 2.24) is 4.90 Å². The van der Waals surface area contributed by atoms with Gasteiger partial charge in [-0.1, -0.05) is 30.3 Å². The van der Waals surface area contributed by atoms with Gasteiger partial charge in [0.25, 0.3) is 5.91 Å². The topological polar surface area (TPSA) is 83.9 Å². The summed E-state index contributed by atoms with van der Waals surface area (Å²) >= 11 is 1.37. The maximum absolute atomic E-state index is 13.1. The molecule has 2 aliphatic rings. The van der Waals surface area contributed by atoms with Crippen molar-refractivity contribution in [2.75, 3.05) is 19.4 Å². The molecule has 1 saturated heterocycles. The first kappa shape index (κ1) is 18.7. The van der Waals surface area contributed by atoms with Gasteiger partial charge in [0.1, 0.15) is 5.37 Å². The van der Waals surface area contributed by atoms with E-state index in [2.05, 4.69) is 0 Å². The Kier molecular flexibility index (Phi) is 5.78. The van der Waals surface area contributed by atoms with Gasteiger partial charge in [0.05, 0.1) is 12.5 Å². The van der Waals surface area contributed by atoms with E-state index >= 15 is 0 Å². The summed E-state index contributed by atoms with van der Waals surface area (Å²) in [4.78, 5) is 38.9. The number of benzene rings is 1. The molecular formula is C19H21NO5S. The van der Waals surface area contributed by atoms with Crippen molar-refractivity contribution in [2.24, 2.45) is 0 Å². The summed E-state index contributed by atoms with van der Waals surface area (Å²) in [5, 5.41) is 8.75. The summed E-state index contributed by atoms with van der Waals surface area (Å²) < 4.78 is 5.63. The average Bonchev–Trinajstić information content (AvgIpc) is 3.23. The molecular weight excluding hydrogens is 354 g/mol. The van der Waals surface area contributed by atoms with E-state index in [1.54, 1.807) is 35.2 Å². The van der Waals surface area contributed by atoms with Crippen molar-refractivity contribution in [1.29, 1.82) is 0 Å². The van der Waals surface area contributed by atoms with Crippen LogP contribution in [0.15, 0.2) is 41.5 Å². The number of amides is 1. The SMILES string of the molecule is CS[C@@H]1C(C(=O)c2ccccc2)=C(CC(=O)O)C(=O)N1C[C@@H]1CCCO1. The Hall–Kier alpha value is -2.12. The van der Waals surface area contributed by atoms with Crippen LogP contribution in [0.5, 0.6) is 0 Å². The molecule has 0 aromatic heterocycles. The number of hydrogen-bond donors (Lipinski definition) is 1. The monoisotopic (exact) mass is 375 g/mol. The second kappa shape index (κ2) is 8.05. The first-order valence-electron chi connectivity index (χ1n) is 8.53. The molecule has 7 heteroatoms. The van der Waals surface area contributed by atoms with Crippen molar-refractivity contribution < 1.29 is 24.2 Å². The third-order valence-corrected chi connectivity index (χ3v) is 5.57. The fourth-order valence-electron chi connectivity index (χ4n) is 3.45. The smallest absolute Gasteiger partial charge is 0.308 e. The standard InChI is InChI=1S/C19H21NO5S/c1-26-19-16(17(23)12-6-3-2-4-7-12)14(10-15(21)22)18(24)20(19)11-13-8-5-9-25-13/h2-4,6-7,13,19H,5,8-11H2,1H3,(H,21,22)/t13-,19+/m0/s1. The highest BCUT2D eigenvalue weighted by atomic mass is 32.2. The maximum Gasteiger partial charge on any atom is 0.308 e. The zero-order chi connectivity index (χ0) is 18.7. The van der Waals surface area contributed by atoms with Crippen molar-refractivity contribution in [2.45, 2.75) is 30.7 Å². The molecule has 2 aliphatic heterocycles. The second-order valence-electron chi connectivity index (χ2n) is 6.34. The molecule has 0 aliphatic carbocycles. The first-order valence-corrected chi connectivity index (χ1v) is 9.81. The Morgan fingerprint density at radius 2 is 2.04 bits per heavy atom. The lowest BCUT2D eigenvalue weighted by atomic mass is 9.98. The van der Waals surface area contributed by atoms with Crippen LogP contribution in [-0.4, -0.2) is 58.6 Å². The quantitative estimate of drug-likeness (QED) is 0.737. The van der Waals surface area contributed by atoms with Crippen LogP contribution in [0.25, 0.3) is 0 Å². The molecule has 0 spiro atoms. The molecule has 2 heterocycles. The highest BCUT2D eigenvalue weighted by molar-refractivity contribution is 7.99. The van der Waals surface area contributed by atoms with Gasteiger partial charge in [-0.05, 0) is 19.1 Å². The highest BCUT2D eigenvalue weighted by Crippen LogP contribution is 2.36. The van der Waals surface area contributed by atoms with Gasteiger partial charge in [0, 0.05) is 29.9 Å². The number of carbonyl (C=O) groups is 3. The van der Waals surface area contributed by atoms with Crippen LogP contribution >= 0.6 is 11.8 Å². The summed E-state index contributed by atoms with van der Waals surface area (Å²) in [5.74, 6) is -1.78. The number of nitrogens with zero attached hydrogens (tertiary/aromatic N) is 1. The van der Waals surface area contributed by atoms with E-state index in [1.165, 1.54) is 11.8 Å². The molecule has 0 bridgehead atoms. The van der Waals surface area contributed by atoms with Gasteiger partial charge in [-0.2, -0.15) is 0 Å². The largest absolute Gasteiger partial charge is 0.481 e. The molecule has 1 N–H and O–H groups in total. The number of carboxylic acids is 1. The van der Waals surface area contributed by atoms with Crippen LogP contribution in [0.1, 0.15) is 29.6 Å². The number of carboxylic acid groups (broad SMARTS) is 1. The van der Waals surface area contributed by atoms with E-state index < -0.39 is 17.8 Å². The van der Waals surface area contributed by atoms with Gasteiger partial charge in [0.15, 0.2) is 5.78 Å². The molecule has 1 amide bonds. The minimum atomic E-state index is -1.12. The minimum Gasteiger partial charge on any atom is -0.481 e. The van der Waals surface area contributed by atoms with Gasteiger partial charge >= 0.3 is 5.97 Å². The van der Waals surface area contributed by atoms with E-state index in [9.17, 15) is 19.5 Å². The molecule has 0 unspecified atom stereocenters. The van der Waals surface area contributed by atoms with Gasteiger partial charge in [-0.15, -0.1) is 11.8 Å². The number of Topliss-reactive ketones (excluding diaryl/α,β-unsaturated/α-hetero) is 1. The molecule has 0 saturated carbocycles. The first-order chi connectivity index (χ1) is 12.5. The Balaban J connectivity index is 1.96. The van der Waals surface area contributed by atoms with E-state index in [0.717, 1.165) is 12.8 Å². The molecule has 1 aromatic rings. The maximum atomic E-state index is 13.1. The van der Waals surface area contributed by atoms with E-state index in [1.807, 2.05) is 6.26 Å². The van der Waals surface area contributed by atoms with Crippen LogP contribution in [0.4, 0.5) is 0 Å². The van der Waals surface area contributed by atoms with Crippen LogP contribution in [0.3, 0.4) is 0 Å². The molecule has 138 valence electrons. The van der Waals surface area contributed by atoms with Crippen molar-refractivity contribution in [3.63, 3.8) is 0 Å². The summed E-state index contributed by atoms with van der Waals surface area (Å²) in [6.45, 7) is 1.04. The molecule has 2 atom stereocenters. The van der Waals surface area contributed by atoms with Gasteiger partial charge in [-0.3, -0.25) is 14.4 Å². The minimum absolute atomic E-state index is 0.0640. The number of ether oxygens (including phenoxy) is 1. The van der Waals surface area contributed by atoms with Gasteiger partial charge in [0.2, 0.25) is 0 Å². The lowest BCUT2D eigenvalue weighted by molar-refractivity contribution is -0.137. The lowest BCUT2D eigenvalue weighted by Gasteiger charge is -2.27. The number of carbonyl (C=O) groups excluding carboxylic acids is 2.